The maximum Gasteiger partial charge on any atom is 0.254 e. The van der Waals surface area contributed by atoms with E-state index in [0.717, 1.165) is 18.4 Å². The topological polar surface area (TPSA) is 60.8 Å². The lowest BCUT2D eigenvalue weighted by molar-refractivity contribution is 0.0707. The number of nitrogens with zero attached hydrogens (tertiary/aromatic N) is 1. The van der Waals surface area contributed by atoms with Crippen LogP contribution in [0.2, 0.25) is 0 Å². The zero-order valence-corrected chi connectivity index (χ0v) is 11.4. The molecule has 1 amide bonds. The van der Waals surface area contributed by atoms with Crippen LogP contribution in [0.25, 0.3) is 0 Å². The average molecular weight is 273 g/mol. The molecule has 1 aromatic rings. The summed E-state index contributed by atoms with van der Waals surface area (Å²) in [6, 6.07) is 7.43. The number of carbonyl (C=O) groups is 1. The second-order valence-corrected chi connectivity index (χ2v) is 4.81. The SMILES string of the molecule is O=C(c1ccc(C#CCCO)cc1)N(CCO)C1CC1. The minimum absolute atomic E-state index is 0.00699. The molecule has 0 aromatic heterocycles. The molecule has 0 heterocycles. The first kappa shape index (κ1) is 14.6. The number of hydrogen-bond donors (Lipinski definition) is 2. The summed E-state index contributed by atoms with van der Waals surface area (Å²) in [6.07, 6.45) is 2.50. The Hall–Kier alpha value is -1.83. The summed E-state index contributed by atoms with van der Waals surface area (Å²) in [5, 5.41) is 17.7. The normalized spacial score (nSPS) is 13.5. The van der Waals surface area contributed by atoms with E-state index in [4.69, 9.17) is 10.2 Å². The molecule has 0 aliphatic heterocycles. The highest BCUT2D eigenvalue weighted by Crippen LogP contribution is 2.27. The summed E-state index contributed by atoms with van der Waals surface area (Å²) >= 11 is 0. The van der Waals surface area contributed by atoms with E-state index in [9.17, 15) is 4.79 Å². The second kappa shape index (κ2) is 7.09. The van der Waals surface area contributed by atoms with Crippen molar-refractivity contribution in [1.29, 1.82) is 0 Å². The van der Waals surface area contributed by atoms with Gasteiger partial charge in [-0.2, -0.15) is 0 Å². The monoisotopic (exact) mass is 273 g/mol. The van der Waals surface area contributed by atoms with Gasteiger partial charge in [0.25, 0.3) is 5.91 Å². The molecule has 106 valence electrons. The van der Waals surface area contributed by atoms with Gasteiger partial charge in [-0.05, 0) is 37.1 Å². The molecule has 1 aliphatic rings. The van der Waals surface area contributed by atoms with Crippen molar-refractivity contribution < 1.29 is 15.0 Å². The Kier molecular flexibility index (Phi) is 5.16. The summed E-state index contributed by atoms with van der Waals surface area (Å²) in [5.41, 5.74) is 1.45. The van der Waals surface area contributed by atoms with Gasteiger partial charge in [0.15, 0.2) is 0 Å². The maximum absolute atomic E-state index is 12.3. The van der Waals surface area contributed by atoms with Crippen molar-refractivity contribution >= 4 is 5.91 Å². The fourth-order valence-corrected chi connectivity index (χ4v) is 2.03. The van der Waals surface area contributed by atoms with Crippen LogP contribution in [0.5, 0.6) is 0 Å². The predicted octanol–water partition coefficient (Wildman–Crippen LogP) is 1.02. The van der Waals surface area contributed by atoms with Crippen molar-refractivity contribution in [1.82, 2.24) is 4.90 Å². The number of amides is 1. The van der Waals surface area contributed by atoms with E-state index in [-0.39, 0.29) is 19.1 Å². The first-order valence-corrected chi connectivity index (χ1v) is 6.88. The van der Waals surface area contributed by atoms with Gasteiger partial charge in [0.2, 0.25) is 0 Å². The van der Waals surface area contributed by atoms with Crippen LogP contribution in [-0.2, 0) is 0 Å². The van der Waals surface area contributed by atoms with Crippen molar-refractivity contribution in [3.8, 4) is 11.8 Å². The van der Waals surface area contributed by atoms with Crippen LogP contribution in [0.15, 0.2) is 24.3 Å². The molecule has 0 saturated heterocycles. The van der Waals surface area contributed by atoms with Crippen LogP contribution in [0.4, 0.5) is 0 Å². The van der Waals surface area contributed by atoms with E-state index in [2.05, 4.69) is 11.8 Å². The van der Waals surface area contributed by atoms with Gasteiger partial charge in [-0.25, -0.2) is 0 Å². The second-order valence-electron chi connectivity index (χ2n) is 4.81. The summed E-state index contributed by atoms with van der Waals surface area (Å²) in [7, 11) is 0. The minimum atomic E-state index is -0.0311. The van der Waals surface area contributed by atoms with Crippen molar-refractivity contribution in [3.05, 3.63) is 35.4 Å². The third kappa shape index (κ3) is 3.83. The molecule has 2 rings (SSSR count). The number of aliphatic hydroxyl groups is 2. The molecule has 20 heavy (non-hydrogen) atoms. The highest BCUT2D eigenvalue weighted by molar-refractivity contribution is 5.94. The molecule has 2 N–H and O–H groups in total. The van der Waals surface area contributed by atoms with E-state index in [1.165, 1.54) is 0 Å². The lowest BCUT2D eigenvalue weighted by Crippen LogP contribution is -2.35. The van der Waals surface area contributed by atoms with Gasteiger partial charge < -0.3 is 15.1 Å². The van der Waals surface area contributed by atoms with Gasteiger partial charge in [-0.15, -0.1) is 0 Å². The zero-order valence-electron chi connectivity index (χ0n) is 11.4. The van der Waals surface area contributed by atoms with Crippen LogP contribution < -0.4 is 0 Å². The third-order valence-corrected chi connectivity index (χ3v) is 3.19. The third-order valence-electron chi connectivity index (χ3n) is 3.19. The van der Waals surface area contributed by atoms with E-state index in [0.29, 0.717) is 24.6 Å². The largest absolute Gasteiger partial charge is 0.395 e. The molecule has 1 saturated carbocycles. The number of benzene rings is 1. The Bertz CT molecular complexity index is 509. The predicted molar refractivity (Wildman–Crippen MR) is 76.2 cm³/mol. The van der Waals surface area contributed by atoms with Crippen molar-refractivity contribution in [2.24, 2.45) is 0 Å². The van der Waals surface area contributed by atoms with Crippen molar-refractivity contribution in [2.75, 3.05) is 19.8 Å². The molecule has 0 atom stereocenters. The number of carbonyl (C=O) groups excluding carboxylic acids is 1. The van der Waals surface area contributed by atoms with Crippen LogP contribution in [0.1, 0.15) is 35.2 Å². The Morgan fingerprint density at radius 1 is 1.20 bits per heavy atom. The van der Waals surface area contributed by atoms with Gasteiger partial charge in [0.1, 0.15) is 0 Å². The van der Waals surface area contributed by atoms with Crippen LogP contribution in [-0.4, -0.2) is 46.8 Å². The summed E-state index contributed by atoms with van der Waals surface area (Å²) in [4.78, 5) is 14.1. The summed E-state index contributed by atoms with van der Waals surface area (Å²) in [5.74, 6) is 5.74. The van der Waals surface area contributed by atoms with Crippen LogP contribution in [0, 0.1) is 11.8 Å². The van der Waals surface area contributed by atoms with Gasteiger partial charge in [-0.3, -0.25) is 4.79 Å². The van der Waals surface area contributed by atoms with Gasteiger partial charge in [0, 0.05) is 30.1 Å². The Labute approximate surface area is 119 Å². The van der Waals surface area contributed by atoms with Gasteiger partial charge >= 0.3 is 0 Å². The lowest BCUT2D eigenvalue weighted by Gasteiger charge is -2.21. The van der Waals surface area contributed by atoms with Crippen molar-refractivity contribution in [3.63, 3.8) is 0 Å². The highest BCUT2D eigenvalue weighted by Gasteiger charge is 2.32. The molecule has 0 spiro atoms. The molecule has 4 nitrogen and oxygen atoms in total. The molecule has 0 bridgehead atoms. The average Bonchev–Trinajstić information content (AvgIpc) is 3.30. The molecule has 1 fully saturated rings. The minimum Gasteiger partial charge on any atom is -0.395 e. The van der Waals surface area contributed by atoms with E-state index >= 15 is 0 Å². The van der Waals surface area contributed by atoms with Gasteiger partial charge in [0.05, 0.1) is 13.2 Å². The number of aliphatic hydroxyl groups excluding tert-OH is 2. The Balaban J connectivity index is 2.05. The van der Waals surface area contributed by atoms with E-state index in [1.54, 1.807) is 17.0 Å². The summed E-state index contributed by atoms with van der Waals surface area (Å²) < 4.78 is 0. The first-order valence-electron chi connectivity index (χ1n) is 6.88. The quantitative estimate of drug-likeness (QED) is 0.787. The van der Waals surface area contributed by atoms with Gasteiger partial charge in [-0.1, -0.05) is 11.8 Å². The fraction of sp³-hybridized carbons (Fsp3) is 0.438. The maximum atomic E-state index is 12.3. The van der Waals surface area contributed by atoms with Crippen molar-refractivity contribution in [2.45, 2.75) is 25.3 Å². The first-order chi connectivity index (χ1) is 9.76. The molecule has 0 radical (unpaired) electrons. The lowest BCUT2D eigenvalue weighted by atomic mass is 10.1. The van der Waals surface area contributed by atoms with Crippen LogP contribution in [0.3, 0.4) is 0 Å². The number of rotatable bonds is 5. The smallest absolute Gasteiger partial charge is 0.254 e. The molecule has 1 aliphatic carbocycles. The molecular weight excluding hydrogens is 254 g/mol. The molecule has 0 unspecified atom stereocenters. The Morgan fingerprint density at radius 2 is 1.90 bits per heavy atom. The molecule has 4 heteroatoms. The number of hydrogen-bond acceptors (Lipinski definition) is 3. The molecular formula is C16H19NO3. The molecule has 1 aromatic carbocycles. The van der Waals surface area contributed by atoms with E-state index in [1.807, 2.05) is 12.1 Å². The standard InChI is InChI=1S/C16H19NO3/c18-11-2-1-3-13-4-6-14(7-5-13)16(20)17(10-12-19)15-8-9-15/h4-7,15,18-19H,2,8-12H2. The highest BCUT2D eigenvalue weighted by atomic mass is 16.3. The zero-order chi connectivity index (χ0) is 14.4. The van der Waals surface area contributed by atoms with Crippen LogP contribution >= 0.6 is 0 Å². The van der Waals surface area contributed by atoms with E-state index < -0.39 is 0 Å². The Morgan fingerprint density at radius 3 is 2.45 bits per heavy atom. The fourth-order valence-electron chi connectivity index (χ4n) is 2.03. The summed E-state index contributed by atoms with van der Waals surface area (Å²) in [6.45, 7) is 0.440.